The molecule has 1 aliphatic rings. The number of hydrogen-bond acceptors (Lipinski definition) is 6. The van der Waals surface area contributed by atoms with Crippen LogP contribution in [0.15, 0.2) is 29.6 Å². The molecule has 1 amide bonds. The van der Waals surface area contributed by atoms with Crippen LogP contribution in [0.25, 0.3) is 0 Å². The van der Waals surface area contributed by atoms with Gasteiger partial charge in [0, 0.05) is 36.4 Å². The van der Waals surface area contributed by atoms with E-state index in [1.807, 2.05) is 6.07 Å². The fraction of sp³-hybridized carbons (Fsp3) is 0.474. The largest absolute Gasteiger partial charge is 0.424 e. The summed E-state index contributed by atoms with van der Waals surface area (Å²) in [5.41, 5.74) is -1.68. The highest BCUT2D eigenvalue weighted by atomic mass is 32.1. The highest BCUT2D eigenvalue weighted by Gasteiger charge is 2.58. The average Bonchev–Trinajstić information content (AvgIpc) is 3.09. The molecule has 0 spiro atoms. The van der Waals surface area contributed by atoms with Gasteiger partial charge in [-0.3, -0.25) is 9.69 Å². The molecule has 1 unspecified atom stereocenters. The van der Waals surface area contributed by atoms with E-state index in [9.17, 15) is 23.1 Å². The minimum atomic E-state index is -5.03. The molecule has 10 heteroatoms. The van der Waals surface area contributed by atoms with Crippen molar-refractivity contribution in [1.29, 1.82) is 0 Å². The Labute approximate surface area is 170 Å². The number of thiazole rings is 1. The number of ether oxygens (including phenoxy) is 1. The van der Waals surface area contributed by atoms with E-state index in [-0.39, 0.29) is 0 Å². The van der Waals surface area contributed by atoms with Crippen molar-refractivity contribution < 1.29 is 27.8 Å². The summed E-state index contributed by atoms with van der Waals surface area (Å²) in [6.07, 6.45) is -6.20. The molecule has 1 aromatic carbocycles. The maximum absolute atomic E-state index is 13.5. The van der Waals surface area contributed by atoms with Crippen LogP contribution < -0.4 is 5.32 Å². The number of amides is 1. The Balaban J connectivity index is 1.69. The number of aromatic nitrogens is 1. The SMILES string of the molecule is Cc1csc(C(O)(CC(=O)Nc2cccc(CN3CCOCC3)c2)C(F)(F)F)n1. The van der Waals surface area contributed by atoms with Crippen LogP contribution in [0.2, 0.25) is 0 Å². The summed E-state index contributed by atoms with van der Waals surface area (Å²) in [5.74, 6) is -0.943. The molecule has 1 aliphatic heterocycles. The number of carbonyl (C=O) groups is 1. The van der Waals surface area contributed by atoms with Crippen LogP contribution in [-0.4, -0.2) is 53.4 Å². The number of halogens is 3. The molecule has 158 valence electrons. The van der Waals surface area contributed by atoms with Gasteiger partial charge in [-0.25, -0.2) is 4.98 Å². The molecular weight excluding hydrogens is 407 g/mol. The van der Waals surface area contributed by atoms with Crippen LogP contribution in [0.4, 0.5) is 18.9 Å². The second-order valence-electron chi connectivity index (χ2n) is 6.97. The van der Waals surface area contributed by atoms with Gasteiger partial charge in [0.1, 0.15) is 5.01 Å². The Morgan fingerprint density at radius 3 is 2.69 bits per heavy atom. The molecule has 1 saturated heterocycles. The molecule has 1 fully saturated rings. The monoisotopic (exact) mass is 429 g/mol. The predicted octanol–water partition coefficient (Wildman–Crippen LogP) is 3.06. The third-order valence-electron chi connectivity index (χ3n) is 4.58. The van der Waals surface area contributed by atoms with Crippen LogP contribution in [-0.2, 0) is 21.7 Å². The first kappa shape index (κ1) is 21.7. The third-order valence-corrected chi connectivity index (χ3v) is 5.69. The Morgan fingerprint density at radius 1 is 1.34 bits per heavy atom. The third kappa shape index (κ3) is 5.33. The van der Waals surface area contributed by atoms with E-state index in [0.717, 1.165) is 18.7 Å². The summed E-state index contributed by atoms with van der Waals surface area (Å²) in [5, 5.41) is 13.6. The fourth-order valence-corrected chi connectivity index (χ4v) is 3.96. The van der Waals surface area contributed by atoms with Crippen LogP contribution in [0, 0.1) is 6.92 Å². The number of nitrogens with zero attached hydrogens (tertiary/aromatic N) is 2. The zero-order valence-corrected chi connectivity index (χ0v) is 16.6. The minimum Gasteiger partial charge on any atom is -0.379 e. The van der Waals surface area contributed by atoms with E-state index in [1.54, 1.807) is 18.2 Å². The molecular formula is C19H22F3N3O3S. The van der Waals surface area contributed by atoms with Crippen molar-refractivity contribution in [3.63, 3.8) is 0 Å². The van der Waals surface area contributed by atoms with E-state index in [1.165, 1.54) is 12.3 Å². The van der Waals surface area contributed by atoms with Crippen LogP contribution >= 0.6 is 11.3 Å². The van der Waals surface area contributed by atoms with E-state index in [0.29, 0.717) is 42.5 Å². The number of morpholine rings is 1. The zero-order valence-electron chi connectivity index (χ0n) is 15.8. The van der Waals surface area contributed by atoms with Crippen molar-refractivity contribution in [2.45, 2.75) is 31.7 Å². The van der Waals surface area contributed by atoms with Crippen molar-refractivity contribution in [3.8, 4) is 0 Å². The van der Waals surface area contributed by atoms with Gasteiger partial charge in [-0.2, -0.15) is 13.2 Å². The summed E-state index contributed by atoms with van der Waals surface area (Å²) in [4.78, 5) is 18.3. The fourth-order valence-electron chi connectivity index (χ4n) is 3.04. The van der Waals surface area contributed by atoms with Gasteiger partial charge in [0.05, 0.1) is 19.6 Å². The zero-order chi connectivity index (χ0) is 21.1. The highest BCUT2D eigenvalue weighted by Crippen LogP contribution is 2.43. The van der Waals surface area contributed by atoms with Gasteiger partial charge in [-0.15, -0.1) is 11.3 Å². The number of aryl methyl sites for hydroxylation is 1. The van der Waals surface area contributed by atoms with Crippen molar-refractivity contribution in [3.05, 3.63) is 45.9 Å². The lowest BCUT2D eigenvalue weighted by Gasteiger charge is -2.28. The lowest BCUT2D eigenvalue weighted by Crippen LogP contribution is -2.45. The Hall–Kier alpha value is -2.01. The molecule has 6 nitrogen and oxygen atoms in total. The van der Waals surface area contributed by atoms with Crippen molar-refractivity contribution in [2.24, 2.45) is 0 Å². The van der Waals surface area contributed by atoms with Gasteiger partial charge >= 0.3 is 6.18 Å². The van der Waals surface area contributed by atoms with Crippen LogP contribution in [0.5, 0.6) is 0 Å². The van der Waals surface area contributed by atoms with E-state index in [4.69, 9.17) is 4.74 Å². The summed E-state index contributed by atoms with van der Waals surface area (Å²) in [7, 11) is 0. The molecule has 29 heavy (non-hydrogen) atoms. The normalized spacial score (nSPS) is 17.7. The number of benzene rings is 1. The topological polar surface area (TPSA) is 74.7 Å². The van der Waals surface area contributed by atoms with Gasteiger partial charge in [-0.1, -0.05) is 12.1 Å². The Kier molecular flexibility index (Phi) is 6.57. The molecule has 3 rings (SSSR count). The first-order valence-electron chi connectivity index (χ1n) is 9.08. The highest BCUT2D eigenvalue weighted by molar-refractivity contribution is 7.09. The molecule has 2 aromatic rings. The van der Waals surface area contributed by atoms with Gasteiger partial charge < -0.3 is 15.2 Å². The maximum atomic E-state index is 13.5. The second kappa shape index (κ2) is 8.78. The smallest absolute Gasteiger partial charge is 0.379 e. The molecule has 0 aliphatic carbocycles. The van der Waals surface area contributed by atoms with Crippen molar-refractivity contribution in [2.75, 3.05) is 31.6 Å². The predicted molar refractivity (Wildman–Crippen MR) is 103 cm³/mol. The minimum absolute atomic E-state index is 0.351. The molecule has 0 radical (unpaired) electrons. The Morgan fingerprint density at radius 2 is 2.07 bits per heavy atom. The van der Waals surface area contributed by atoms with E-state index >= 15 is 0 Å². The summed E-state index contributed by atoms with van der Waals surface area (Å²) >= 11 is 0.677. The quantitative estimate of drug-likeness (QED) is 0.738. The Bertz CT molecular complexity index is 852. The summed E-state index contributed by atoms with van der Waals surface area (Å²) in [6.45, 7) is 5.07. The van der Waals surface area contributed by atoms with Crippen molar-refractivity contribution in [1.82, 2.24) is 9.88 Å². The second-order valence-corrected chi connectivity index (χ2v) is 7.82. The van der Waals surface area contributed by atoms with Gasteiger partial charge in [0.25, 0.3) is 0 Å². The first-order valence-corrected chi connectivity index (χ1v) is 9.96. The van der Waals surface area contributed by atoms with Gasteiger partial charge in [0.15, 0.2) is 0 Å². The average molecular weight is 429 g/mol. The number of anilines is 1. The lowest BCUT2D eigenvalue weighted by molar-refractivity contribution is -0.266. The van der Waals surface area contributed by atoms with Gasteiger partial charge in [-0.05, 0) is 24.6 Å². The van der Waals surface area contributed by atoms with Crippen molar-refractivity contribution >= 4 is 22.9 Å². The molecule has 1 aromatic heterocycles. The maximum Gasteiger partial charge on any atom is 0.424 e. The van der Waals surface area contributed by atoms with E-state index in [2.05, 4.69) is 15.2 Å². The lowest BCUT2D eigenvalue weighted by atomic mass is 9.99. The molecule has 2 heterocycles. The number of rotatable bonds is 6. The number of alkyl halides is 3. The van der Waals surface area contributed by atoms with Gasteiger partial charge in [0.2, 0.25) is 11.5 Å². The molecule has 0 bridgehead atoms. The molecule has 0 saturated carbocycles. The van der Waals surface area contributed by atoms with Crippen LogP contribution in [0.1, 0.15) is 22.7 Å². The number of carbonyl (C=O) groups excluding carboxylic acids is 1. The van der Waals surface area contributed by atoms with E-state index < -0.39 is 29.1 Å². The summed E-state index contributed by atoms with van der Waals surface area (Å²) < 4.78 is 45.9. The standard InChI is InChI=1S/C19H22F3N3O3S/c1-13-12-29-17(23-13)18(27,19(20,21)22)10-16(26)24-15-4-2-3-14(9-15)11-25-5-7-28-8-6-25/h2-4,9,12,27H,5-8,10-11H2,1H3,(H,24,26). The molecule has 2 N–H and O–H groups in total. The molecule has 1 atom stereocenters. The number of nitrogens with one attached hydrogen (secondary N) is 1. The van der Waals surface area contributed by atoms with Crippen LogP contribution in [0.3, 0.4) is 0 Å². The number of hydrogen-bond donors (Lipinski definition) is 2. The number of aliphatic hydroxyl groups is 1. The first-order chi connectivity index (χ1) is 13.7. The summed E-state index contributed by atoms with van der Waals surface area (Å²) in [6, 6.07) is 6.93.